The van der Waals surface area contributed by atoms with Crippen LogP contribution in [0.2, 0.25) is 0 Å². The number of nitrogens with zero attached hydrogens (tertiary/aromatic N) is 3. The van der Waals surface area contributed by atoms with Crippen LogP contribution in [0.1, 0.15) is 31.1 Å². The third-order valence-electron chi connectivity index (χ3n) is 2.49. The average molecular weight is 211 g/mol. The van der Waals surface area contributed by atoms with Crippen LogP contribution in [-0.2, 0) is 16.6 Å². The maximum absolute atomic E-state index is 10.8. The molecule has 0 saturated carbocycles. The molecule has 1 aromatic heterocycles. The third kappa shape index (κ3) is 2.15. The number of aromatic nitrogens is 3. The highest BCUT2D eigenvalue weighted by atomic mass is 16.5. The lowest BCUT2D eigenvalue weighted by molar-refractivity contribution is -0.159. The molecule has 1 aromatic rings. The van der Waals surface area contributed by atoms with Gasteiger partial charge in [-0.2, -0.15) is 0 Å². The van der Waals surface area contributed by atoms with Gasteiger partial charge in [0.25, 0.3) is 0 Å². The molecule has 1 saturated heterocycles. The molecule has 2 heterocycles. The molecule has 0 spiro atoms. The number of ether oxygens (including phenoxy) is 1. The maximum Gasteiger partial charge on any atom is 0.332 e. The van der Waals surface area contributed by atoms with Crippen LogP contribution in [0.15, 0.2) is 6.20 Å². The van der Waals surface area contributed by atoms with Crippen LogP contribution in [0.4, 0.5) is 0 Å². The van der Waals surface area contributed by atoms with Crippen molar-refractivity contribution in [1.82, 2.24) is 15.0 Å². The van der Waals surface area contributed by atoms with Crippen LogP contribution in [0.5, 0.6) is 0 Å². The molecule has 2 atom stereocenters. The van der Waals surface area contributed by atoms with Gasteiger partial charge in [0.15, 0.2) is 6.10 Å². The van der Waals surface area contributed by atoms with Crippen molar-refractivity contribution < 1.29 is 14.6 Å². The summed E-state index contributed by atoms with van der Waals surface area (Å²) in [7, 11) is 1.77. The number of carbonyl (C=O) groups is 1. The molecule has 2 rings (SSSR count). The van der Waals surface area contributed by atoms with E-state index in [1.165, 1.54) is 0 Å². The zero-order chi connectivity index (χ0) is 10.8. The van der Waals surface area contributed by atoms with Gasteiger partial charge in [0.2, 0.25) is 0 Å². The summed E-state index contributed by atoms with van der Waals surface area (Å²) in [6, 6.07) is 0. The van der Waals surface area contributed by atoms with E-state index in [9.17, 15) is 4.79 Å². The first-order valence-corrected chi connectivity index (χ1v) is 4.91. The summed E-state index contributed by atoms with van der Waals surface area (Å²) in [5.41, 5.74) is 0.712. The summed E-state index contributed by atoms with van der Waals surface area (Å²) in [5.74, 6) is -0.899. The van der Waals surface area contributed by atoms with Crippen LogP contribution in [0.25, 0.3) is 0 Å². The van der Waals surface area contributed by atoms with Crippen LogP contribution in [0, 0.1) is 0 Å². The van der Waals surface area contributed by atoms with Gasteiger partial charge in [-0.25, -0.2) is 4.79 Å². The van der Waals surface area contributed by atoms with Crippen LogP contribution in [0.3, 0.4) is 0 Å². The molecule has 0 aromatic carbocycles. The standard InChI is InChI=1S/C9H13N3O3/c1-12-5-6(10-11-12)7-3-2-4-8(15-7)9(13)14/h5,7-8H,2-4H2,1H3,(H,13,14). The first-order chi connectivity index (χ1) is 7.16. The van der Waals surface area contributed by atoms with Crippen molar-refractivity contribution in [3.8, 4) is 0 Å². The summed E-state index contributed by atoms with van der Waals surface area (Å²) < 4.78 is 7.02. The fourth-order valence-electron chi connectivity index (χ4n) is 1.74. The van der Waals surface area contributed by atoms with E-state index in [0.717, 1.165) is 12.8 Å². The lowest BCUT2D eigenvalue weighted by Gasteiger charge is -2.25. The van der Waals surface area contributed by atoms with Crippen molar-refractivity contribution in [3.63, 3.8) is 0 Å². The third-order valence-corrected chi connectivity index (χ3v) is 2.49. The first kappa shape index (κ1) is 10.1. The highest BCUT2D eigenvalue weighted by molar-refractivity contribution is 5.72. The van der Waals surface area contributed by atoms with Gasteiger partial charge < -0.3 is 9.84 Å². The Bertz CT molecular complexity index is 363. The molecule has 1 N–H and O–H groups in total. The van der Waals surface area contributed by atoms with E-state index < -0.39 is 12.1 Å². The zero-order valence-electron chi connectivity index (χ0n) is 8.46. The van der Waals surface area contributed by atoms with E-state index in [2.05, 4.69) is 10.3 Å². The van der Waals surface area contributed by atoms with E-state index in [-0.39, 0.29) is 6.10 Å². The molecular formula is C9H13N3O3. The fraction of sp³-hybridized carbons (Fsp3) is 0.667. The molecule has 2 unspecified atom stereocenters. The topological polar surface area (TPSA) is 77.2 Å². The van der Waals surface area contributed by atoms with Gasteiger partial charge in [-0.05, 0) is 19.3 Å². The molecule has 1 aliphatic rings. The largest absolute Gasteiger partial charge is 0.479 e. The zero-order valence-corrected chi connectivity index (χ0v) is 8.46. The molecular weight excluding hydrogens is 198 g/mol. The first-order valence-electron chi connectivity index (χ1n) is 4.91. The molecule has 0 bridgehead atoms. The van der Waals surface area contributed by atoms with Gasteiger partial charge in [-0.1, -0.05) is 5.21 Å². The monoisotopic (exact) mass is 211 g/mol. The Morgan fingerprint density at radius 1 is 1.67 bits per heavy atom. The number of hydrogen-bond acceptors (Lipinski definition) is 4. The van der Waals surface area contributed by atoms with E-state index in [4.69, 9.17) is 9.84 Å². The Morgan fingerprint density at radius 3 is 3.07 bits per heavy atom. The molecule has 1 fully saturated rings. The second-order valence-corrected chi connectivity index (χ2v) is 3.70. The second-order valence-electron chi connectivity index (χ2n) is 3.70. The van der Waals surface area contributed by atoms with Crippen molar-refractivity contribution in [2.75, 3.05) is 0 Å². The normalized spacial score (nSPS) is 26.5. The van der Waals surface area contributed by atoms with Gasteiger partial charge in [-0.3, -0.25) is 4.68 Å². The Hall–Kier alpha value is -1.43. The van der Waals surface area contributed by atoms with Gasteiger partial charge in [-0.15, -0.1) is 5.10 Å². The highest BCUT2D eigenvalue weighted by Crippen LogP contribution is 2.29. The lowest BCUT2D eigenvalue weighted by Crippen LogP contribution is -2.29. The smallest absolute Gasteiger partial charge is 0.332 e. The summed E-state index contributed by atoms with van der Waals surface area (Å²) in [6.45, 7) is 0. The van der Waals surface area contributed by atoms with Gasteiger partial charge in [0.1, 0.15) is 11.8 Å². The number of carboxylic acids is 1. The average Bonchev–Trinajstić information content (AvgIpc) is 2.65. The predicted octanol–water partition coefficient (Wildman–Crippen LogP) is 0.510. The number of rotatable bonds is 2. The minimum atomic E-state index is -0.899. The Morgan fingerprint density at radius 2 is 2.47 bits per heavy atom. The van der Waals surface area contributed by atoms with E-state index in [1.54, 1.807) is 17.9 Å². The number of aliphatic carboxylic acids is 1. The summed E-state index contributed by atoms with van der Waals surface area (Å²) in [6.07, 6.45) is 3.06. The second kappa shape index (κ2) is 3.98. The quantitative estimate of drug-likeness (QED) is 0.771. The Kier molecular flexibility index (Phi) is 2.68. The molecule has 6 heteroatoms. The summed E-state index contributed by atoms with van der Waals surface area (Å²) in [5, 5.41) is 16.6. The van der Waals surface area contributed by atoms with E-state index >= 15 is 0 Å². The van der Waals surface area contributed by atoms with Crippen LogP contribution >= 0.6 is 0 Å². The van der Waals surface area contributed by atoms with Crippen molar-refractivity contribution in [2.45, 2.75) is 31.5 Å². The van der Waals surface area contributed by atoms with Crippen LogP contribution in [-0.4, -0.2) is 32.2 Å². The van der Waals surface area contributed by atoms with Gasteiger partial charge >= 0.3 is 5.97 Å². The molecule has 0 aliphatic carbocycles. The van der Waals surface area contributed by atoms with E-state index in [0.29, 0.717) is 12.1 Å². The van der Waals surface area contributed by atoms with Crippen molar-refractivity contribution in [3.05, 3.63) is 11.9 Å². The Labute approximate surface area is 86.8 Å². The predicted molar refractivity (Wildman–Crippen MR) is 50.1 cm³/mol. The Balaban J connectivity index is 2.07. The molecule has 15 heavy (non-hydrogen) atoms. The number of aryl methyl sites for hydroxylation is 1. The molecule has 1 aliphatic heterocycles. The van der Waals surface area contributed by atoms with Crippen molar-refractivity contribution in [2.24, 2.45) is 7.05 Å². The minimum Gasteiger partial charge on any atom is -0.479 e. The number of hydrogen-bond donors (Lipinski definition) is 1. The highest BCUT2D eigenvalue weighted by Gasteiger charge is 2.29. The van der Waals surface area contributed by atoms with Crippen molar-refractivity contribution >= 4 is 5.97 Å². The molecule has 6 nitrogen and oxygen atoms in total. The maximum atomic E-state index is 10.8. The van der Waals surface area contributed by atoms with Gasteiger partial charge in [0, 0.05) is 7.05 Å². The van der Waals surface area contributed by atoms with Crippen LogP contribution < -0.4 is 0 Å². The van der Waals surface area contributed by atoms with E-state index in [1.807, 2.05) is 0 Å². The van der Waals surface area contributed by atoms with Gasteiger partial charge in [0.05, 0.1) is 6.20 Å². The lowest BCUT2D eigenvalue weighted by atomic mass is 10.0. The number of carboxylic acid groups (broad SMARTS) is 1. The molecule has 82 valence electrons. The molecule has 0 amide bonds. The SMILES string of the molecule is Cn1cc(C2CCCC(C(=O)O)O2)nn1. The molecule has 0 radical (unpaired) electrons. The van der Waals surface area contributed by atoms with Crippen molar-refractivity contribution in [1.29, 1.82) is 0 Å². The minimum absolute atomic E-state index is 0.228. The summed E-state index contributed by atoms with van der Waals surface area (Å²) in [4.78, 5) is 10.8. The fourth-order valence-corrected chi connectivity index (χ4v) is 1.74. The summed E-state index contributed by atoms with van der Waals surface area (Å²) >= 11 is 0.